The van der Waals surface area contributed by atoms with Crippen LogP contribution in [-0.4, -0.2) is 23.9 Å². The van der Waals surface area contributed by atoms with Crippen LogP contribution in [0.25, 0.3) is 111 Å². The van der Waals surface area contributed by atoms with Gasteiger partial charge in [0.1, 0.15) is 5.65 Å². The standard InChI is InChI=1S/C53H33N5/c1-3-15-35(16-4-1)50-54-51(36-17-5-2-6-18-36)56-52(55-50)37-29-27-34(28-30-37)49-44-23-11-12-24-46(44)58-48-26-14-13-25-47(48)57(53(49)58)38-31-32-43-41-21-8-7-19-39(41)40-20-9-10-22-42(40)45(43)33-38/h1-33H. The highest BCUT2D eigenvalue weighted by Gasteiger charge is 2.23. The lowest BCUT2D eigenvalue weighted by Crippen LogP contribution is -2.00. The van der Waals surface area contributed by atoms with E-state index in [2.05, 4.69) is 148 Å². The van der Waals surface area contributed by atoms with Gasteiger partial charge in [0.25, 0.3) is 0 Å². The van der Waals surface area contributed by atoms with Gasteiger partial charge in [-0.15, -0.1) is 0 Å². The first-order chi connectivity index (χ1) is 28.8. The third kappa shape index (κ3) is 4.93. The van der Waals surface area contributed by atoms with Crippen LogP contribution in [0, 0.1) is 0 Å². The Morgan fingerprint density at radius 1 is 0.293 bits per heavy atom. The van der Waals surface area contributed by atoms with Crippen LogP contribution < -0.4 is 0 Å². The van der Waals surface area contributed by atoms with Crippen molar-refractivity contribution in [3.8, 4) is 51.0 Å². The van der Waals surface area contributed by atoms with Gasteiger partial charge in [-0.2, -0.15) is 0 Å². The summed E-state index contributed by atoms with van der Waals surface area (Å²) in [5, 5.41) is 8.76. The van der Waals surface area contributed by atoms with Crippen LogP contribution in [0.4, 0.5) is 0 Å². The molecule has 0 N–H and O–H groups in total. The Hall–Kier alpha value is -7.89. The quantitative estimate of drug-likeness (QED) is 0.165. The van der Waals surface area contributed by atoms with Crippen molar-refractivity contribution in [2.24, 2.45) is 0 Å². The summed E-state index contributed by atoms with van der Waals surface area (Å²) >= 11 is 0. The maximum Gasteiger partial charge on any atom is 0.164 e. The fraction of sp³-hybridized carbons (Fsp3) is 0. The smallest absolute Gasteiger partial charge is 0.164 e. The second kappa shape index (κ2) is 12.8. The Morgan fingerprint density at radius 3 is 1.28 bits per heavy atom. The van der Waals surface area contributed by atoms with Gasteiger partial charge in [0, 0.05) is 33.3 Å². The Labute approximate surface area is 333 Å². The average Bonchev–Trinajstić information content (AvgIpc) is 3.82. The monoisotopic (exact) mass is 739 g/mol. The molecule has 0 fully saturated rings. The summed E-state index contributed by atoms with van der Waals surface area (Å²) in [7, 11) is 0. The SMILES string of the molecule is c1ccc(-c2nc(-c3ccccc3)nc(-c3ccc(-c4c5ccccc5n5c6ccccc6n(-c6ccc7c8ccccc8c8ccccc8c7c6)c45)cc3)n2)cc1. The molecule has 0 spiro atoms. The number of hydrogen-bond donors (Lipinski definition) is 0. The lowest BCUT2D eigenvalue weighted by atomic mass is 9.94. The van der Waals surface area contributed by atoms with Crippen LogP contribution in [0.1, 0.15) is 0 Å². The minimum atomic E-state index is 0.635. The van der Waals surface area contributed by atoms with Gasteiger partial charge in [-0.3, -0.25) is 8.97 Å². The van der Waals surface area contributed by atoms with Crippen molar-refractivity contribution in [3.05, 3.63) is 200 Å². The van der Waals surface area contributed by atoms with E-state index in [1.807, 2.05) is 60.7 Å². The largest absolute Gasteiger partial charge is 0.293 e. The van der Waals surface area contributed by atoms with Gasteiger partial charge >= 0.3 is 0 Å². The molecule has 0 aliphatic carbocycles. The van der Waals surface area contributed by atoms with Crippen molar-refractivity contribution < 1.29 is 0 Å². The molecule has 0 bridgehead atoms. The number of hydrogen-bond acceptors (Lipinski definition) is 3. The molecule has 12 aromatic rings. The molecule has 0 saturated carbocycles. The molecule has 0 amide bonds. The number of benzene rings is 9. The van der Waals surface area contributed by atoms with Crippen molar-refractivity contribution in [2.75, 3.05) is 0 Å². The Bertz CT molecular complexity index is 3450. The molecule has 9 aromatic carbocycles. The molecule has 0 saturated heterocycles. The molecule has 58 heavy (non-hydrogen) atoms. The van der Waals surface area contributed by atoms with Crippen LogP contribution in [0.5, 0.6) is 0 Å². The minimum absolute atomic E-state index is 0.635. The second-order valence-electron chi connectivity index (χ2n) is 14.8. The van der Waals surface area contributed by atoms with Gasteiger partial charge in [-0.1, -0.05) is 170 Å². The lowest BCUT2D eigenvalue weighted by Gasteiger charge is -2.14. The number of aromatic nitrogens is 5. The fourth-order valence-electron chi connectivity index (χ4n) is 8.94. The number of nitrogens with zero attached hydrogens (tertiary/aromatic N) is 5. The lowest BCUT2D eigenvalue weighted by molar-refractivity contribution is 1.07. The van der Waals surface area contributed by atoms with E-state index >= 15 is 0 Å². The summed E-state index contributed by atoms with van der Waals surface area (Å²) < 4.78 is 4.88. The first kappa shape index (κ1) is 32.4. The molecule has 3 heterocycles. The van der Waals surface area contributed by atoms with E-state index in [4.69, 9.17) is 15.0 Å². The van der Waals surface area contributed by atoms with Crippen LogP contribution in [0.2, 0.25) is 0 Å². The highest BCUT2D eigenvalue weighted by molar-refractivity contribution is 6.25. The highest BCUT2D eigenvalue weighted by Crippen LogP contribution is 2.43. The molecule has 5 heteroatoms. The molecule has 0 radical (unpaired) electrons. The van der Waals surface area contributed by atoms with E-state index in [0.29, 0.717) is 17.5 Å². The van der Waals surface area contributed by atoms with Gasteiger partial charge in [0.2, 0.25) is 0 Å². The van der Waals surface area contributed by atoms with Crippen molar-refractivity contribution in [2.45, 2.75) is 0 Å². The Kier molecular flexibility index (Phi) is 7.16. The third-order valence-electron chi connectivity index (χ3n) is 11.5. The molecular formula is C53H33N5. The average molecular weight is 740 g/mol. The molecule has 0 atom stereocenters. The number of fused-ring (bicyclic) bond motifs is 11. The molecule has 0 aliphatic rings. The predicted octanol–water partition coefficient (Wildman–Crippen LogP) is 13.3. The van der Waals surface area contributed by atoms with Crippen molar-refractivity contribution in [3.63, 3.8) is 0 Å². The first-order valence-corrected chi connectivity index (χ1v) is 19.6. The number of rotatable bonds is 5. The molecule has 270 valence electrons. The normalized spacial score (nSPS) is 11.8. The first-order valence-electron chi connectivity index (χ1n) is 19.6. The predicted molar refractivity (Wildman–Crippen MR) is 239 cm³/mol. The zero-order valence-corrected chi connectivity index (χ0v) is 31.3. The fourth-order valence-corrected chi connectivity index (χ4v) is 8.94. The Balaban J connectivity index is 1.09. The summed E-state index contributed by atoms with van der Waals surface area (Å²) in [5.74, 6) is 1.93. The van der Waals surface area contributed by atoms with Crippen molar-refractivity contribution >= 4 is 59.9 Å². The van der Waals surface area contributed by atoms with E-state index in [0.717, 1.165) is 44.6 Å². The van der Waals surface area contributed by atoms with E-state index in [9.17, 15) is 0 Å². The summed E-state index contributed by atoms with van der Waals surface area (Å²) in [5.41, 5.74) is 10.8. The zero-order chi connectivity index (χ0) is 38.2. The van der Waals surface area contributed by atoms with Gasteiger partial charge in [-0.05, 0) is 68.2 Å². The summed E-state index contributed by atoms with van der Waals surface area (Å²) in [6.45, 7) is 0. The zero-order valence-electron chi connectivity index (χ0n) is 31.3. The number of imidazole rings is 1. The number of para-hydroxylation sites is 3. The van der Waals surface area contributed by atoms with E-state index in [1.165, 1.54) is 48.8 Å². The molecule has 5 nitrogen and oxygen atoms in total. The maximum atomic E-state index is 5.01. The van der Waals surface area contributed by atoms with Gasteiger partial charge < -0.3 is 0 Å². The van der Waals surface area contributed by atoms with Crippen molar-refractivity contribution in [1.82, 2.24) is 23.9 Å². The topological polar surface area (TPSA) is 48.0 Å². The molecule has 3 aromatic heterocycles. The van der Waals surface area contributed by atoms with E-state index < -0.39 is 0 Å². The van der Waals surface area contributed by atoms with E-state index in [-0.39, 0.29) is 0 Å². The molecule has 0 aliphatic heterocycles. The van der Waals surface area contributed by atoms with E-state index in [1.54, 1.807) is 0 Å². The second-order valence-corrected chi connectivity index (χ2v) is 14.8. The van der Waals surface area contributed by atoms with Crippen LogP contribution >= 0.6 is 0 Å². The summed E-state index contributed by atoms with van der Waals surface area (Å²) in [6, 6.07) is 71.0. The molecular weight excluding hydrogens is 707 g/mol. The van der Waals surface area contributed by atoms with Crippen LogP contribution in [-0.2, 0) is 0 Å². The van der Waals surface area contributed by atoms with Crippen molar-refractivity contribution in [1.29, 1.82) is 0 Å². The highest BCUT2D eigenvalue weighted by atomic mass is 15.1. The van der Waals surface area contributed by atoms with Crippen LogP contribution in [0.15, 0.2) is 200 Å². The maximum absolute atomic E-state index is 5.01. The van der Waals surface area contributed by atoms with Crippen LogP contribution in [0.3, 0.4) is 0 Å². The minimum Gasteiger partial charge on any atom is -0.293 e. The van der Waals surface area contributed by atoms with Gasteiger partial charge in [0.05, 0.1) is 16.6 Å². The third-order valence-corrected chi connectivity index (χ3v) is 11.5. The summed E-state index contributed by atoms with van der Waals surface area (Å²) in [4.78, 5) is 14.9. The molecule has 0 unspecified atom stereocenters. The Morgan fingerprint density at radius 2 is 0.707 bits per heavy atom. The van der Waals surface area contributed by atoms with Gasteiger partial charge in [-0.25, -0.2) is 15.0 Å². The molecule has 12 rings (SSSR count). The summed E-state index contributed by atoms with van der Waals surface area (Å²) in [6.07, 6.45) is 0. The van der Waals surface area contributed by atoms with Gasteiger partial charge in [0.15, 0.2) is 17.5 Å².